The molecule has 8 nitrogen and oxygen atoms in total. The van der Waals surface area contributed by atoms with Gasteiger partial charge in [-0.25, -0.2) is 0 Å². The number of carbonyl (C=O) groups excluding carboxylic acids is 1. The third-order valence-electron chi connectivity index (χ3n) is 5.26. The molecule has 0 unspecified atom stereocenters. The van der Waals surface area contributed by atoms with Crippen molar-refractivity contribution < 1.29 is 14.3 Å². The topological polar surface area (TPSA) is 104 Å². The molecule has 4 aromatic rings. The Hall–Kier alpha value is -3.75. The highest BCUT2D eigenvalue weighted by Gasteiger charge is 2.28. The predicted molar refractivity (Wildman–Crippen MR) is 129 cm³/mol. The fraction of sp³-hybridized carbons (Fsp3) is 0.269. The molecule has 2 aromatic heterocycles. The zero-order chi connectivity index (χ0) is 24.0. The first-order valence-corrected chi connectivity index (χ1v) is 11.1. The number of benzene rings is 2. The Kier molecular flexibility index (Phi) is 7.20. The average molecular weight is 460 g/mol. The summed E-state index contributed by atoms with van der Waals surface area (Å²) in [6.45, 7) is 4.32. The van der Waals surface area contributed by atoms with Crippen LogP contribution in [0.1, 0.15) is 36.8 Å². The average Bonchev–Trinajstić information content (AvgIpc) is 3.27. The molecule has 0 radical (unpaired) electrons. The van der Waals surface area contributed by atoms with Crippen molar-refractivity contribution in [1.29, 1.82) is 0 Å². The third kappa shape index (κ3) is 5.78. The van der Waals surface area contributed by atoms with Gasteiger partial charge in [0.25, 0.3) is 0 Å². The van der Waals surface area contributed by atoms with Crippen LogP contribution in [-0.4, -0.2) is 32.7 Å². The van der Waals surface area contributed by atoms with Gasteiger partial charge in [0.1, 0.15) is 12.6 Å². The fourth-order valence-corrected chi connectivity index (χ4v) is 3.39. The highest BCUT2D eigenvalue weighted by molar-refractivity contribution is 5.85. The first-order chi connectivity index (χ1) is 16.4. The number of hydrogen-bond acceptors (Lipinski definition) is 6. The van der Waals surface area contributed by atoms with E-state index in [4.69, 9.17) is 15.2 Å². The van der Waals surface area contributed by atoms with Crippen LogP contribution in [0.4, 0.5) is 0 Å². The minimum atomic E-state index is -1.05. The summed E-state index contributed by atoms with van der Waals surface area (Å²) < 4.78 is 13.8. The van der Waals surface area contributed by atoms with Crippen LogP contribution in [0.15, 0.2) is 79.0 Å². The van der Waals surface area contributed by atoms with Crippen LogP contribution in [0.2, 0.25) is 0 Å². The van der Waals surface area contributed by atoms with Crippen LogP contribution in [-0.2, 0) is 22.7 Å². The van der Waals surface area contributed by atoms with Crippen molar-refractivity contribution in [2.75, 3.05) is 6.61 Å². The van der Waals surface area contributed by atoms with E-state index in [1.165, 1.54) is 0 Å². The number of fused-ring (bicyclic) bond motifs is 1. The molecule has 0 spiro atoms. The summed E-state index contributed by atoms with van der Waals surface area (Å²) in [4.78, 5) is 12.7. The lowest BCUT2D eigenvalue weighted by atomic mass is 10.1. The van der Waals surface area contributed by atoms with Crippen molar-refractivity contribution >= 4 is 11.6 Å². The molecule has 3 N–H and O–H groups in total. The van der Waals surface area contributed by atoms with Crippen molar-refractivity contribution in [1.82, 2.24) is 19.9 Å². The molecule has 34 heavy (non-hydrogen) atoms. The first kappa shape index (κ1) is 23.4. The van der Waals surface area contributed by atoms with Crippen molar-refractivity contribution in [3.05, 3.63) is 95.9 Å². The van der Waals surface area contributed by atoms with Crippen LogP contribution < -0.4 is 15.8 Å². The summed E-state index contributed by atoms with van der Waals surface area (Å²) >= 11 is 0. The maximum atomic E-state index is 12.7. The lowest BCUT2D eigenvalue weighted by Gasteiger charge is -2.23. The predicted octanol–water partition coefficient (Wildman–Crippen LogP) is 3.42. The SMILES string of the molecule is CC(C)(N)C(=O)N[C@H](COCc1ccccc1)c1nnc2c(OCc3ccccc3)cccn12. The quantitative estimate of drug-likeness (QED) is 0.377. The van der Waals surface area contributed by atoms with Gasteiger partial charge in [0.15, 0.2) is 11.6 Å². The molecule has 0 aliphatic rings. The molecule has 8 heteroatoms. The Morgan fingerprint density at radius 2 is 1.62 bits per heavy atom. The Bertz CT molecular complexity index is 1220. The van der Waals surface area contributed by atoms with E-state index in [2.05, 4.69) is 15.5 Å². The molecule has 0 fully saturated rings. The number of nitrogens with one attached hydrogen (secondary N) is 1. The van der Waals surface area contributed by atoms with Gasteiger partial charge in [-0.3, -0.25) is 9.20 Å². The number of nitrogens with zero attached hydrogens (tertiary/aromatic N) is 3. The molecule has 2 heterocycles. The second-order valence-electron chi connectivity index (χ2n) is 8.65. The summed E-state index contributed by atoms with van der Waals surface area (Å²) in [5.41, 5.74) is 7.61. The normalized spacial score (nSPS) is 12.4. The highest BCUT2D eigenvalue weighted by Crippen LogP contribution is 2.23. The van der Waals surface area contributed by atoms with Gasteiger partial charge in [-0.15, -0.1) is 10.2 Å². The van der Waals surface area contributed by atoms with Gasteiger partial charge in [0.2, 0.25) is 11.6 Å². The number of nitrogens with two attached hydrogens (primary N) is 1. The van der Waals surface area contributed by atoms with E-state index < -0.39 is 11.6 Å². The molecule has 0 saturated heterocycles. The lowest BCUT2D eigenvalue weighted by Crippen LogP contribution is -2.50. The maximum Gasteiger partial charge on any atom is 0.240 e. The second kappa shape index (κ2) is 10.5. The lowest BCUT2D eigenvalue weighted by molar-refractivity contribution is -0.126. The summed E-state index contributed by atoms with van der Waals surface area (Å²) in [6.07, 6.45) is 1.84. The van der Waals surface area contributed by atoms with Crippen molar-refractivity contribution in [2.24, 2.45) is 5.73 Å². The van der Waals surface area contributed by atoms with E-state index in [9.17, 15) is 4.79 Å². The van der Waals surface area contributed by atoms with E-state index in [1.807, 2.05) is 79.0 Å². The number of hydrogen-bond donors (Lipinski definition) is 2. The van der Waals surface area contributed by atoms with E-state index in [0.717, 1.165) is 11.1 Å². The molecule has 176 valence electrons. The van der Waals surface area contributed by atoms with Gasteiger partial charge in [-0.1, -0.05) is 60.7 Å². The zero-order valence-electron chi connectivity index (χ0n) is 19.3. The standard InChI is InChI=1S/C26H29N5O3/c1-26(2,27)25(32)28-21(18-33-16-19-10-5-3-6-11-19)23-29-30-24-22(14-9-15-31(23)24)34-17-20-12-7-4-8-13-20/h3-15,21H,16-18,27H2,1-2H3,(H,28,32)/t21-/m1/s1. The first-order valence-electron chi connectivity index (χ1n) is 11.1. The van der Waals surface area contributed by atoms with Crippen LogP contribution in [0.3, 0.4) is 0 Å². The summed E-state index contributed by atoms with van der Waals surface area (Å²) in [5.74, 6) is 0.819. The van der Waals surface area contributed by atoms with E-state index >= 15 is 0 Å². The number of pyridine rings is 1. The molecule has 4 rings (SSSR count). The van der Waals surface area contributed by atoms with Gasteiger partial charge >= 0.3 is 0 Å². The highest BCUT2D eigenvalue weighted by atomic mass is 16.5. The van der Waals surface area contributed by atoms with Crippen LogP contribution in [0, 0.1) is 0 Å². The van der Waals surface area contributed by atoms with Gasteiger partial charge in [0.05, 0.1) is 18.8 Å². The molecule has 1 atom stereocenters. The maximum absolute atomic E-state index is 12.7. The van der Waals surface area contributed by atoms with Crippen molar-refractivity contribution in [2.45, 2.75) is 38.6 Å². The van der Waals surface area contributed by atoms with Crippen molar-refractivity contribution in [3.8, 4) is 5.75 Å². The molecule has 1 amide bonds. The Labute approximate surface area is 198 Å². The Morgan fingerprint density at radius 3 is 2.26 bits per heavy atom. The number of ether oxygens (including phenoxy) is 2. The number of amides is 1. The smallest absolute Gasteiger partial charge is 0.240 e. The molecule has 0 bridgehead atoms. The number of rotatable bonds is 10. The van der Waals surface area contributed by atoms with Gasteiger partial charge in [-0.2, -0.15) is 0 Å². The van der Waals surface area contributed by atoms with E-state index in [-0.39, 0.29) is 12.5 Å². The molecular weight excluding hydrogens is 430 g/mol. The molecule has 0 aliphatic carbocycles. The molecular formula is C26H29N5O3. The minimum Gasteiger partial charge on any atom is -0.485 e. The Balaban J connectivity index is 1.56. The third-order valence-corrected chi connectivity index (χ3v) is 5.26. The summed E-state index contributed by atoms with van der Waals surface area (Å²) in [6, 6.07) is 22.9. The second-order valence-corrected chi connectivity index (χ2v) is 8.65. The molecule has 2 aromatic carbocycles. The van der Waals surface area contributed by atoms with Crippen molar-refractivity contribution in [3.63, 3.8) is 0 Å². The van der Waals surface area contributed by atoms with Gasteiger partial charge < -0.3 is 20.5 Å². The van der Waals surface area contributed by atoms with Crippen LogP contribution in [0.25, 0.3) is 5.65 Å². The largest absolute Gasteiger partial charge is 0.485 e. The van der Waals surface area contributed by atoms with Gasteiger partial charge in [0, 0.05) is 6.20 Å². The summed E-state index contributed by atoms with van der Waals surface area (Å²) in [5, 5.41) is 11.7. The number of aromatic nitrogens is 3. The molecule has 0 aliphatic heterocycles. The van der Waals surface area contributed by atoms with Gasteiger partial charge in [-0.05, 0) is 37.1 Å². The van der Waals surface area contributed by atoms with Crippen LogP contribution in [0.5, 0.6) is 5.75 Å². The Morgan fingerprint density at radius 1 is 0.971 bits per heavy atom. The van der Waals surface area contributed by atoms with E-state index in [0.29, 0.717) is 30.4 Å². The minimum absolute atomic E-state index is 0.201. The zero-order valence-corrected chi connectivity index (χ0v) is 19.3. The monoisotopic (exact) mass is 459 g/mol. The van der Waals surface area contributed by atoms with E-state index in [1.54, 1.807) is 18.2 Å². The number of carbonyl (C=O) groups is 1. The summed E-state index contributed by atoms with van der Waals surface area (Å²) in [7, 11) is 0. The fourth-order valence-electron chi connectivity index (χ4n) is 3.39. The molecule has 0 saturated carbocycles. The van der Waals surface area contributed by atoms with Crippen LogP contribution >= 0.6 is 0 Å².